The predicted molar refractivity (Wildman–Crippen MR) is 49.2 cm³/mol. The lowest BCUT2D eigenvalue weighted by molar-refractivity contribution is 0.380. The zero-order valence-corrected chi connectivity index (χ0v) is 7.75. The van der Waals surface area contributed by atoms with Crippen LogP contribution in [0.1, 0.15) is 20.3 Å². The Bertz CT molecular complexity index is 81.1. The Morgan fingerprint density at radius 3 is 2.00 bits per heavy atom. The average Bonchev–Trinajstić information content (AvgIpc) is 1.65. The lowest BCUT2D eigenvalue weighted by Crippen LogP contribution is -2.23. The Hall–Kier alpha value is 0.660. The van der Waals surface area contributed by atoms with Crippen LogP contribution in [0.15, 0.2) is 0 Å². The van der Waals surface area contributed by atoms with Gasteiger partial charge >= 0.3 is 0 Å². The van der Waals surface area contributed by atoms with Crippen LogP contribution in [0.3, 0.4) is 0 Å². The Kier molecular flexibility index (Phi) is 4.01. The van der Waals surface area contributed by atoms with Crippen LogP contribution in [-0.4, -0.2) is 11.1 Å². The molecule has 0 amide bonds. The van der Waals surface area contributed by atoms with Gasteiger partial charge in [-0.2, -0.15) is 25.3 Å². The summed E-state index contributed by atoms with van der Waals surface area (Å²) in [5.74, 6) is 0. The fourth-order valence-corrected chi connectivity index (χ4v) is 0.759. The zero-order chi connectivity index (χ0) is 7.49. The summed E-state index contributed by atoms with van der Waals surface area (Å²) in [5, 5.41) is 0. The Balaban J connectivity index is 3.70. The van der Waals surface area contributed by atoms with Crippen molar-refractivity contribution >= 4 is 25.3 Å². The first-order valence-corrected chi connectivity index (χ1v) is 4.10. The SMILES string of the molecule is CC(C)(CCN)C(S)S. The maximum absolute atomic E-state index is 5.38. The van der Waals surface area contributed by atoms with E-state index in [1.165, 1.54) is 0 Å². The van der Waals surface area contributed by atoms with Gasteiger partial charge in [-0.3, -0.25) is 0 Å². The second-order valence-corrected chi connectivity index (χ2v) is 4.34. The molecule has 0 aromatic rings. The quantitative estimate of drug-likeness (QED) is 0.429. The largest absolute Gasteiger partial charge is 0.330 e. The number of thiol groups is 2. The molecule has 0 radical (unpaired) electrons. The van der Waals surface area contributed by atoms with E-state index in [-0.39, 0.29) is 10.00 Å². The van der Waals surface area contributed by atoms with Gasteiger partial charge in [0.25, 0.3) is 0 Å². The molecule has 0 fully saturated rings. The third-order valence-corrected chi connectivity index (χ3v) is 2.89. The molecule has 0 saturated carbocycles. The van der Waals surface area contributed by atoms with Crippen molar-refractivity contribution in [2.75, 3.05) is 6.54 Å². The van der Waals surface area contributed by atoms with E-state index >= 15 is 0 Å². The molecular formula is C6H15NS2. The van der Waals surface area contributed by atoms with Gasteiger partial charge in [-0.1, -0.05) is 13.8 Å². The number of rotatable bonds is 3. The minimum atomic E-state index is 0.126. The van der Waals surface area contributed by atoms with Crippen molar-refractivity contribution < 1.29 is 0 Å². The molecule has 0 aliphatic carbocycles. The van der Waals surface area contributed by atoms with Crippen molar-refractivity contribution in [2.45, 2.75) is 24.9 Å². The van der Waals surface area contributed by atoms with E-state index in [0.717, 1.165) is 6.42 Å². The van der Waals surface area contributed by atoms with E-state index in [2.05, 4.69) is 39.1 Å². The summed E-state index contributed by atoms with van der Waals surface area (Å²) in [6, 6.07) is 0. The van der Waals surface area contributed by atoms with Crippen molar-refractivity contribution in [2.24, 2.45) is 11.1 Å². The Morgan fingerprint density at radius 2 is 1.89 bits per heavy atom. The number of hydrogen-bond donors (Lipinski definition) is 3. The molecule has 1 nitrogen and oxygen atoms in total. The summed E-state index contributed by atoms with van der Waals surface area (Å²) in [6.07, 6.45) is 0.977. The smallest absolute Gasteiger partial charge is 0.0493 e. The highest BCUT2D eigenvalue weighted by Gasteiger charge is 2.22. The molecule has 9 heavy (non-hydrogen) atoms. The average molecular weight is 165 g/mol. The second kappa shape index (κ2) is 3.74. The van der Waals surface area contributed by atoms with E-state index in [1.807, 2.05) is 0 Å². The summed E-state index contributed by atoms with van der Waals surface area (Å²) in [4.78, 5) is 0. The van der Waals surface area contributed by atoms with Crippen LogP contribution >= 0.6 is 25.3 Å². The third kappa shape index (κ3) is 3.38. The fourth-order valence-electron chi connectivity index (χ4n) is 0.501. The maximum Gasteiger partial charge on any atom is 0.0493 e. The normalized spacial score (nSPS) is 12.7. The maximum atomic E-state index is 5.38. The fraction of sp³-hybridized carbons (Fsp3) is 1.00. The van der Waals surface area contributed by atoms with E-state index in [1.54, 1.807) is 0 Å². The standard InChI is InChI=1S/C6H15NS2/c1-6(2,3-4-7)5(8)9/h5,8-9H,3-4,7H2,1-2H3. The van der Waals surface area contributed by atoms with E-state index in [0.29, 0.717) is 6.54 Å². The van der Waals surface area contributed by atoms with E-state index in [9.17, 15) is 0 Å². The van der Waals surface area contributed by atoms with Crippen molar-refractivity contribution in [1.82, 2.24) is 0 Å². The van der Waals surface area contributed by atoms with Crippen LogP contribution < -0.4 is 5.73 Å². The molecule has 0 heterocycles. The van der Waals surface area contributed by atoms with Gasteiger partial charge in [0.2, 0.25) is 0 Å². The monoisotopic (exact) mass is 165 g/mol. The summed E-state index contributed by atoms with van der Waals surface area (Å²) < 4.78 is 0.126. The highest BCUT2D eigenvalue weighted by atomic mass is 32.2. The first-order chi connectivity index (χ1) is 4.00. The summed E-state index contributed by atoms with van der Waals surface area (Å²) in [7, 11) is 0. The van der Waals surface area contributed by atoms with Gasteiger partial charge in [0.1, 0.15) is 0 Å². The summed E-state index contributed by atoms with van der Waals surface area (Å²) >= 11 is 8.44. The van der Waals surface area contributed by atoms with Crippen LogP contribution in [0.25, 0.3) is 0 Å². The van der Waals surface area contributed by atoms with Gasteiger partial charge in [0.15, 0.2) is 0 Å². The molecule has 0 unspecified atom stereocenters. The molecule has 0 atom stereocenters. The van der Waals surface area contributed by atoms with Gasteiger partial charge in [0, 0.05) is 4.58 Å². The van der Waals surface area contributed by atoms with Gasteiger partial charge in [-0.15, -0.1) is 0 Å². The predicted octanol–water partition coefficient (Wildman–Crippen LogP) is 1.55. The lowest BCUT2D eigenvalue weighted by Gasteiger charge is -2.26. The molecule has 0 aliphatic heterocycles. The molecule has 3 heteroatoms. The minimum absolute atomic E-state index is 0.126. The van der Waals surface area contributed by atoms with Crippen molar-refractivity contribution in [3.8, 4) is 0 Å². The van der Waals surface area contributed by atoms with E-state index < -0.39 is 0 Å². The molecule has 0 rings (SSSR count). The highest BCUT2D eigenvalue weighted by Crippen LogP contribution is 2.30. The minimum Gasteiger partial charge on any atom is -0.330 e. The molecule has 0 aromatic carbocycles. The van der Waals surface area contributed by atoms with Crippen LogP contribution in [-0.2, 0) is 0 Å². The van der Waals surface area contributed by atoms with E-state index in [4.69, 9.17) is 5.73 Å². The second-order valence-electron chi connectivity index (χ2n) is 2.90. The highest BCUT2D eigenvalue weighted by molar-refractivity contribution is 7.99. The molecule has 0 aromatic heterocycles. The third-order valence-electron chi connectivity index (χ3n) is 1.49. The van der Waals surface area contributed by atoms with Crippen molar-refractivity contribution in [3.05, 3.63) is 0 Å². The molecule has 0 saturated heterocycles. The zero-order valence-electron chi connectivity index (χ0n) is 5.96. The van der Waals surface area contributed by atoms with Gasteiger partial charge in [-0.25, -0.2) is 0 Å². The van der Waals surface area contributed by atoms with Crippen LogP contribution in [0.5, 0.6) is 0 Å². The summed E-state index contributed by atoms with van der Waals surface area (Å²) in [6.45, 7) is 4.94. The Labute approximate surface area is 68.2 Å². The molecule has 0 spiro atoms. The van der Waals surface area contributed by atoms with Crippen LogP contribution in [0, 0.1) is 5.41 Å². The molecule has 2 N–H and O–H groups in total. The van der Waals surface area contributed by atoms with Gasteiger partial charge in [0.05, 0.1) is 0 Å². The van der Waals surface area contributed by atoms with Crippen LogP contribution in [0.4, 0.5) is 0 Å². The van der Waals surface area contributed by atoms with Gasteiger partial charge in [-0.05, 0) is 18.4 Å². The number of nitrogens with two attached hydrogens (primary N) is 1. The molecule has 0 bridgehead atoms. The lowest BCUT2D eigenvalue weighted by atomic mass is 9.92. The van der Waals surface area contributed by atoms with Crippen molar-refractivity contribution in [3.63, 3.8) is 0 Å². The molecule has 56 valence electrons. The van der Waals surface area contributed by atoms with Crippen LogP contribution in [0.2, 0.25) is 0 Å². The number of hydrogen-bond acceptors (Lipinski definition) is 3. The first kappa shape index (κ1) is 9.66. The topological polar surface area (TPSA) is 26.0 Å². The first-order valence-electron chi connectivity index (χ1n) is 3.07. The Morgan fingerprint density at radius 1 is 1.44 bits per heavy atom. The molecular weight excluding hydrogens is 150 g/mol. The molecule has 0 aliphatic rings. The van der Waals surface area contributed by atoms with Gasteiger partial charge < -0.3 is 5.73 Å². The summed E-state index contributed by atoms with van der Waals surface area (Å²) in [5.41, 5.74) is 5.54. The van der Waals surface area contributed by atoms with Crippen molar-refractivity contribution in [1.29, 1.82) is 0 Å².